The number of nitrogens with one attached hydrogen (secondary N) is 4. The number of nitrogens with zero attached hydrogens (tertiary/aromatic N) is 4. The third kappa shape index (κ3) is 7.38. The second-order valence-electron chi connectivity index (χ2n) is 13.5. The summed E-state index contributed by atoms with van der Waals surface area (Å²) in [5.41, 5.74) is 2.43. The quantitative estimate of drug-likeness (QED) is 0.124. The predicted octanol–water partition coefficient (Wildman–Crippen LogP) is 6.55. The first-order valence-electron chi connectivity index (χ1n) is 17.6. The molecular formula is C37H42N8O6S2. The van der Waals surface area contributed by atoms with Gasteiger partial charge in [-0.2, -0.15) is 0 Å². The highest BCUT2D eigenvalue weighted by Gasteiger charge is 2.39. The van der Waals surface area contributed by atoms with Crippen molar-refractivity contribution in [2.24, 2.45) is 5.92 Å². The Kier molecular flexibility index (Phi) is 10.5. The van der Waals surface area contributed by atoms with Gasteiger partial charge in [0.1, 0.15) is 23.7 Å². The van der Waals surface area contributed by atoms with Crippen molar-refractivity contribution in [3.8, 4) is 21.1 Å². The van der Waals surface area contributed by atoms with Crippen LogP contribution in [-0.4, -0.2) is 87.1 Å². The minimum atomic E-state index is -0.880. The number of hydrogen-bond donors (Lipinski definition) is 4. The SMILES string of the molecule is COC(=O)NC(C(=O)N1CCCC1c1ncc(-c2cc3sc(-c4cnc(C5CCCN5C(=O)C(NC(=O)OC)C(C)C)[nH]4)cc3s2)[nH]1)c1ccccc1. The van der Waals surface area contributed by atoms with Crippen molar-refractivity contribution in [2.75, 3.05) is 27.3 Å². The molecule has 2 aliphatic rings. The van der Waals surface area contributed by atoms with Crippen LogP contribution in [0.3, 0.4) is 0 Å². The van der Waals surface area contributed by atoms with Crippen LogP contribution >= 0.6 is 22.7 Å². The van der Waals surface area contributed by atoms with Gasteiger partial charge in [-0.3, -0.25) is 9.59 Å². The highest BCUT2D eigenvalue weighted by Crippen LogP contribution is 2.42. The van der Waals surface area contributed by atoms with Crippen LogP contribution in [0.4, 0.5) is 9.59 Å². The molecule has 0 aliphatic carbocycles. The average Bonchev–Trinajstić information content (AvgIpc) is 4.00. The first-order valence-corrected chi connectivity index (χ1v) is 19.3. The molecule has 53 heavy (non-hydrogen) atoms. The van der Waals surface area contributed by atoms with Crippen molar-refractivity contribution < 1.29 is 28.7 Å². The molecule has 1 aromatic carbocycles. The fourth-order valence-corrected chi connectivity index (χ4v) is 9.47. The maximum atomic E-state index is 13.9. The maximum Gasteiger partial charge on any atom is 0.407 e. The smallest absolute Gasteiger partial charge is 0.407 e. The maximum absolute atomic E-state index is 13.9. The first-order chi connectivity index (χ1) is 25.6. The molecule has 0 radical (unpaired) electrons. The first kappa shape index (κ1) is 36.2. The fraction of sp³-hybridized carbons (Fsp3) is 0.405. The number of benzene rings is 1. The van der Waals surface area contributed by atoms with Gasteiger partial charge >= 0.3 is 12.2 Å². The van der Waals surface area contributed by atoms with Crippen molar-refractivity contribution >= 4 is 56.1 Å². The number of H-pyrrole nitrogens is 2. The molecule has 14 nitrogen and oxygen atoms in total. The molecule has 0 bridgehead atoms. The molecular weight excluding hydrogens is 717 g/mol. The van der Waals surface area contributed by atoms with Gasteiger partial charge in [-0.1, -0.05) is 44.2 Å². The average molecular weight is 759 g/mol. The van der Waals surface area contributed by atoms with Crippen LogP contribution < -0.4 is 10.6 Å². The number of amides is 4. The van der Waals surface area contributed by atoms with E-state index in [1.54, 1.807) is 27.6 Å². The second-order valence-corrected chi connectivity index (χ2v) is 15.7. The topological polar surface area (TPSA) is 175 Å². The molecule has 0 spiro atoms. The predicted molar refractivity (Wildman–Crippen MR) is 201 cm³/mol. The molecule has 4 atom stereocenters. The lowest BCUT2D eigenvalue weighted by Gasteiger charge is -2.30. The molecule has 7 rings (SSSR count). The van der Waals surface area contributed by atoms with Gasteiger partial charge < -0.3 is 39.9 Å². The van der Waals surface area contributed by atoms with E-state index in [0.29, 0.717) is 24.5 Å². The van der Waals surface area contributed by atoms with Crippen molar-refractivity contribution in [1.82, 2.24) is 40.4 Å². The summed E-state index contributed by atoms with van der Waals surface area (Å²) < 4.78 is 11.8. The second kappa shape index (κ2) is 15.4. The highest BCUT2D eigenvalue weighted by molar-refractivity contribution is 7.31. The minimum Gasteiger partial charge on any atom is -0.453 e. The number of rotatable bonds is 10. The van der Waals surface area contributed by atoms with Gasteiger partial charge in [0.15, 0.2) is 0 Å². The summed E-state index contributed by atoms with van der Waals surface area (Å²) >= 11 is 3.31. The van der Waals surface area contributed by atoms with E-state index in [-0.39, 0.29) is 29.8 Å². The Bertz CT molecular complexity index is 2070. The van der Waals surface area contributed by atoms with Gasteiger partial charge in [0.25, 0.3) is 5.91 Å². The van der Waals surface area contributed by atoms with Crippen LogP contribution in [0.15, 0.2) is 54.9 Å². The molecule has 278 valence electrons. The molecule has 4 unspecified atom stereocenters. The van der Waals surface area contributed by atoms with Crippen LogP contribution in [0.1, 0.15) is 74.9 Å². The van der Waals surface area contributed by atoms with E-state index in [1.807, 2.05) is 61.5 Å². The van der Waals surface area contributed by atoms with Gasteiger partial charge in [0.2, 0.25) is 5.91 Å². The van der Waals surface area contributed by atoms with E-state index < -0.39 is 24.3 Å². The van der Waals surface area contributed by atoms with Crippen LogP contribution in [0.5, 0.6) is 0 Å². The zero-order chi connectivity index (χ0) is 37.2. The monoisotopic (exact) mass is 758 g/mol. The Morgan fingerprint density at radius 3 is 1.79 bits per heavy atom. The summed E-state index contributed by atoms with van der Waals surface area (Å²) in [6.07, 6.45) is 5.53. The number of methoxy groups -OCH3 is 2. The normalized spacial score (nSPS) is 18.4. The number of imidazole rings is 2. The zero-order valence-electron chi connectivity index (χ0n) is 29.9. The number of carbonyl (C=O) groups excluding carboxylic acids is 4. The number of thiophene rings is 2. The minimum absolute atomic E-state index is 0.108. The molecule has 4 aromatic heterocycles. The summed E-state index contributed by atoms with van der Waals surface area (Å²) in [6.45, 7) is 4.94. The Morgan fingerprint density at radius 1 is 0.774 bits per heavy atom. The lowest BCUT2D eigenvalue weighted by atomic mass is 10.0. The van der Waals surface area contributed by atoms with E-state index in [2.05, 4.69) is 32.7 Å². The third-order valence-electron chi connectivity index (χ3n) is 9.85. The van der Waals surface area contributed by atoms with E-state index in [0.717, 1.165) is 62.0 Å². The van der Waals surface area contributed by atoms with Gasteiger partial charge in [-0.25, -0.2) is 19.6 Å². The van der Waals surface area contributed by atoms with Crippen LogP contribution in [-0.2, 0) is 19.1 Å². The number of likely N-dealkylation sites (tertiary alicyclic amines) is 2. The van der Waals surface area contributed by atoms with E-state index in [9.17, 15) is 19.2 Å². The summed E-state index contributed by atoms with van der Waals surface area (Å²) in [7, 11) is 2.57. The van der Waals surface area contributed by atoms with Crippen LogP contribution in [0, 0.1) is 5.92 Å². The molecule has 2 saturated heterocycles. The summed E-state index contributed by atoms with van der Waals surface area (Å²) in [5, 5.41) is 5.40. The summed E-state index contributed by atoms with van der Waals surface area (Å²) in [5.74, 6) is 0.971. The zero-order valence-corrected chi connectivity index (χ0v) is 31.5. The number of carbonyl (C=O) groups is 4. The van der Waals surface area contributed by atoms with Gasteiger partial charge in [0.05, 0.1) is 59.8 Å². The molecule has 2 aliphatic heterocycles. The molecule has 0 saturated carbocycles. The summed E-state index contributed by atoms with van der Waals surface area (Å²) in [4.78, 5) is 73.6. The number of alkyl carbamates (subject to hydrolysis) is 2. The van der Waals surface area contributed by atoms with Crippen LogP contribution in [0.25, 0.3) is 30.5 Å². The Balaban J connectivity index is 1.05. The molecule has 4 N–H and O–H groups in total. The number of aromatic amines is 2. The van der Waals surface area contributed by atoms with Gasteiger partial charge in [0, 0.05) is 22.5 Å². The highest BCUT2D eigenvalue weighted by atomic mass is 32.1. The van der Waals surface area contributed by atoms with E-state index >= 15 is 0 Å². The molecule has 5 aromatic rings. The number of hydrogen-bond acceptors (Lipinski definition) is 10. The Labute approximate surface area is 314 Å². The standard InChI is InChI=1S/C37H42N8O6S2/c1-20(2)30(42-36(48)50-3)34(46)44-14-8-12-24(44)32-38-18-22(40-32)26-16-28-29(52-26)17-27(53-28)23-19-39-33(41-23)25-13-9-15-45(25)35(47)31(43-37(49)51-4)21-10-6-5-7-11-21/h5-7,10-11,16-20,24-25,30-31H,8-9,12-15H2,1-4H3,(H,38,40)(H,39,41)(H,42,48)(H,43,49). The number of ether oxygens (including phenoxy) is 2. The summed E-state index contributed by atoms with van der Waals surface area (Å²) in [6, 6.07) is 11.4. The van der Waals surface area contributed by atoms with E-state index in [1.165, 1.54) is 14.2 Å². The van der Waals surface area contributed by atoms with Gasteiger partial charge in [-0.15, -0.1) is 22.7 Å². The Hall–Kier alpha value is -5.22. The third-order valence-corrected chi connectivity index (χ3v) is 12.2. The fourth-order valence-electron chi connectivity index (χ4n) is 7.15. The molecule has 16 heteroatoms. The van der Waals surface area contributed by atoms with Crippen molar-refractivity contribution in [1.29, 1.82) is 0 Å². The number of aromatic nitrogens is 4. The number of fused-ring (bicyclic) bond motifs is 1. The van der Waals surface area contributed by atoms with Crippen LogP contribution in [0.2, 0.25) is 0 Å². The molecule has 2 fully saturated rings. The van der Waals surface area contributed by atoms with Crippen molar-refractivity contribution in [3.63, 3.8) is 0 Å². The lowest BCUT2D eigenvalue weighted by Crippen LogP contribution is -2.51. The van der Waals surface area contributed by atoms with Gasteiger partial charge in [-0.05, 0) is 49.3 Å². The lowest BCUT2D eigenvalue weighted by molar-refractivity contribution is -0.135. The Morgan fingerprint density at radius 2 is 1.28 bits per heavy atom. The van der Waals surface area contributed by atoms with Crippen molar-refractivity contribution in [3.05, 3.63) is 72.1 Å². The molecule has 4 amide bonds. The van der Waals surface area contributed by atoms with Crippen molar-refractivity contribution in [2.45, 2.75) is 63.7 Å². The molecule has 6 heterocycles. The largest absolute Gasteiger partial charge is 0.453 e. The van der Waals surface area contributed by atoms with E-state index in [4.69, 9.17) is 19.4 Å².